The SMILES string of the molecule is Cc1nn(-c2ccccc2F)c(C)c1C1COCCN1C(N)=O. The maximum Gasteiger partial charge on any atom is 0.315 e. The summed E-state index contributed by atoms with van der Waals surface area (Å²) in [4.78, 5) is 13.3. The van der Waals surface area contributed by atoms with E-state index in [0.717, 1.165) is 17.0 Å². The van der Waals surface area contributed by atoms with Crippen LogP contribution in [0.5, 0.6) is 0 Å². The summed E-state index contributed by atoms with van der Waals surface area (Å²) in [6.45, 7) is 4.94. The number of carbonyl (C=O) groups is 1. The van der Waals surface area contributed by atoms with Crippen molar-refractivity contribution in [2.75, 3.05) is 19.8 Å². The van der Waals surface area contributed by atoms with Crippen LogP contribution in [0.25, 0.3) is 5.69 Å². The summed E-state index contributed by atoms with van der Waals surface area (Å²) in [6.07, 6.45) is 0. The number of primary amides is 1. The molecule has 0 aliphatic carbocycles. The number of hydrogen-bond acceptors (Lipinski definition) is 3. The molecule has 2 N–H and O–H groups in total. The molecule has 23 heavy (non-hydrogen) atoms. The average molecular weight is 318 g/mol. The van der Waals surface area contributed by atoms with Crippen LogP contribution in [0.4, 0.5) is 9.18 Å². The number of rotatable bonds is 2. The smallest absolute Gasteiger partial charge is 0.315 e. The topological polar surface area (TPSA) is 73.4 Å². The number of para-hydroxylation sites is 1. The van der Waals surface area contributed by atoms with Gasteiger partial charge in [0.05, 0.1) is 24.9 Å². The highest BCUT2D eigenvalue weighted by Gasteiger charge is 2.32. The van der Waals surface area contributed by atoms with Crippen LogP contribution in [0.1, 0.15) is 23.0 Å². The fourth-order valence-electron chi connectivity index (χ4n) is 3.10. The number of halogens is 1. The molecule has 1 aromatic carbocycles. The molecule has 6 nitrogen and oxygen atoms in total. The predicted molar refractivity (Wildman–Crippen MR) is 82.8 cm³/mol. The highest BCUT2D eigenvalue weighted by atomic mass is 19.1. The standard InChI is InChI=1S/C16H19FN4O2/c1-10-15(14-9-23-8-7-20(14)16(18)22)11(2)21(19-10)13-6-4-3-5-12(13)17/h3-6,14H,7-9H2,1-2H3,(H2,18,22). The van der Waals surface area contributed by atoms with Crippen LogP contribution < -0.4 is 5.73 Å². The summed E-state index contributed by atoms with van der Waals surface area (Å²) < 4.78 is 21.1. The van der Waals surface area contributed by atoms with Crippen LogP contribution in [0, 0.1) is 19.7 Å². The van der Waals surface area contributed by atoms with Crippen LogP contribution in [0.15, 0.2) is 24.3 Å². The number of urea groups is 1. The maximum absolute atomic E-state index is 14.1. The van der Waals surface area contributed by atoms with Gasteiger partial charge in [0.15, 0.2) is 0 Å². The van der Waals surface area contributed by atoms with Crippen molar-refractivity contribution >= 4 is 6.03 Å². The number of morpholine rings is 1. The quantitative estimate of drug-likeness (QED) is 0.921. The number of nitrogens with two attached hydrogens (primary N) is 1. The van der Waals surface area contributed by atoms with Gasteiger partial charge < -0.3 is 15.4 Å². The van der Waals surface area contributed by atoms with E-state index in [1.807, 2.05) is 13.8 Å². The number of benzene rings is 1. The summed E-state index contributed by atoms with van der Waals surface area (Å²) in [6, 6.07) is 5.66. The van der Waals surface area contributed by atoms with E-state index in [1.54, 1.807) is 27.8 Å². The average Bonchev–Trinajstić information content (AvgIpc) is 2.82. The van der Waals surface area contributed by atoms with E-state index in [1.165, 1.54) is 6.07 Å². The van der Waals surface area contributed by atoms with Crippen molar-refractivity contribution in [1.82, 2.24) is 14.7 Å². The number of aromatic nitrogens is 2. The van der Waals surface area contributed by atoms with E-state index in [-0.39, 0.29) is 11.9 Å². The van der Waals surface area contributed by atoms with Crippen molar-refractivity contribution in [1.29, 1.82) is 0 Å². The summed E-state index contributed by atoms with van der Waals surface area (Å²) in [5, 5.41) is 4.45. The Bertz CT molecular complexity index is 744. The number of carbonyl (C=O) groups excluding carboxylic acids is 1. The third kappa shape index (κ3) is 2.68. The summed E-state index contributed by atoms with van der Waals surface area (Å²) in [7, 11) is 0. The van der Waals surface area contributed by atoms with Gasteiger partial charge in [-0.05, 0) is 26.0 Å². The molecule has 0 saturated carbocycles. The van der Waals surface area contributed by atoms with E-state index < -0.39 is 6.03 Å². The monoisotopic (exact) mass is 318 g/mol. The Morgan fingerprint density at radius 3 is 2.83 bits per heavy atom. The summed E-state index contributed by atoms with van der Waals surface area (Å²) >= 11 is 0. The van der Waals surface area contributed by atoms with Gasteiger partial charge in [-0.3, -0.25) is 0 Å². The molecule has 2 amide bonds. The lowest BCUT2D eigenvalue weighted by Crippen LogP contribution is -2.46. The molecule has 0 radical (unpaired) electrons. The second-order valence-corrected chi connectivity index (χ2v) is 5.57. The number of amides is 2. The van der Waals surface area contributed by atoms with E-state index in [9.17, 15) is 9.18 Å². The molecule has 1 aromatic heterocycles. The first kappa shape index (κ1) is 15.5. The molecule has 1 aliphatic heterocycles. The van der Waals surface area contributed by atoms with Gasteiger partial charge in [0.25, 0.3) is 0 Å². The molecule has 1 unspecified atom stereocenters. The van der Waals surface area contributed by atoms with Crippen LogP contribution in [-0.2, 0) is 4.74 Å². The molecule has 1 aliphatic rings. The van der Waals surface area contributed by atoms with E-state index in [2.05, 4.69) is 5.10 Å². The molecule has 2 heterocycles. The van der Waals surface area contributed by atoms with Gasteiger partial charge in [0, 0.05) is 17.8 Å². The van der Waals surface area contributed by atoms with Gasteiger partial charge in [-0.1, -0.05) is 12.1 Å². The normalized spacial score (nSPS) is 18.2. The van der Waals surface area contributed by atoms with E-state index in [0.29, 0.717) is 25.4 Å². The molecule has 122 valence electrons. The largest absolute Gasteiger partial charge is 0.377 e. The third-order valence-corrected chi connectivity index (χ3v) is 4.17. The fraction of sp³-hybridized carbons (Fsp3) is 0.375. The minimum Gasteiger partial charge on any atom is -0.377 e. The van der Waals surface area contributed by atoms with Crippen molar-refractivity contribution in [3.63, 3.8) is 0 Å². The molecule has 0 bridgehead atoms. The summed E-state index contributed by atoms with van der Waals surface area (Å²) in [5.41, 5.74) is 8.21. The maximum atomic E-state index is 14.1. The van der Waals surface area contributed by atoms with Crippen LogP contribution >= 0.6 is 0 Å². The van der Waals surface area contributed by atoms with E-state index in [4.69, 9.17) is 10.5 Å². The van der Waals surface area contributed by atoms with Crippen molar-refractivity contribution in [3.8, 4) is 5.69 Å². The lowest BCUT2D eigenvalue weighted by molar-refractivity contribution is 0.0133. The molecule has 3 rings (SSSR count). The predicted octanol–water partition coefficient (Wildman–Crippen LogP) is 2.08. The van der Waals surface area contributed by atoms with Crippen molar-refractivity contribution in [2.24, 2.45) is 5.73 Å². The van der Waals surface area contributed by atoms with Gasteiger partial charge in [-0.15, -0.1) is 0 Å². The molecule has 1 atom stereocenters. The van der Waals surface area contributed by atoms with Gasteiger partial charge in [0.2, 0.25) is 0 Å². The lowest BCUT2D eigenvalue weighted by atomic mass is 10.0. The van der Waals surface area contributed by atoms with Crippen molar-refractivity contribution in [3.05, 3.63) is 47.0 Å². The lowest BCUT2D eigenvalue weighted by Gasteiger charge is -2.34. The van der Waals surface area contributed by atoms with Crippen LogP contribution in [0.2, 0.25) is 0 Å². The Kier molecular flexibility index (Phi) is 4.04. The Morgan fingerprint density at radius 2 is 2.13 bits per heavy atom. The second-order valence-electron chi connectivity index (χ2n) is 5.57. The second kappa shape index (κ2) is 6.00. The van der Waals surface area contributed by atoms with Gasteiger partial charge >= 0.3 is 6.03 Å². The fourth-order valence-corrected chi connectivity index (χ4v) is 3.10. The van der Waals surface area contributed by atoms with Crippen molar-refractivity contribution in [2.45, 2.75) is 19.9 Å². The van der Waals surface area contributed by atoms with Crippen molar-refractivity contribution < 1.29 is 13.9 Å². The zero-order chi connectivity index (χ0) is 16.6. The molecule has 2 aromatic rings. The molecule has 7 heteroatoms. The Hall–Kier alpha value is -2.41. The molecular formula is C16H19FN4O2. The first-order valence-electron chi connectivity index (χ1n) is 7.45. The molecular weight excluding hydrogens is 299 g/mol. The van der Waals surface area contributed by atoms with Crippen LogP contribution in [0.3, 0.4) is 0 Å². The Morgan fingerprint density at radius 1 is 1.39 bits per heavy atom. The number of aryl methyl sites for hydroxylation is 1. The number of ether oxygens (including phenoxy) is 1. The van der Waals surface area contributed by atoms with Crippen LogP contribution in [-0.4, -0.2) is 40.5 Å². The van der Waals surface area contributed by atoms with Gasteiger partial charge in [0.1, 0.15) is 11.5 Å². The highest BCUT2D eigenvalue weighted by molar-refractivity contribution is 5.73. The summed E-state index contributed by atoms with van der Waals surface area (Å²) in [5.74, 6) is -0.351. The number of nitrogens with zero attached hydrogens (tertiary/aromatic N) is 3. The minimum absolute atomic E-state index is 0.304. The third-order valence-electron chi connectivity index (χ3n) is 4.17. The first-order chi connectivity index (χ1) is 11.0. The first-order valence-corrected chi connectivity index (χ1v) is 7.45. The zero-order valence-corrected chi connectivity index (χ0v) is 13.1. The highest BCUT2D eigenvalue weighted by Crippen LogP contribution is 2.30. The minimum atomic E-state index is -0.490. The Balaban J connectivity index is 2.08. The van der Waals surface area contributed by atoms with Gasteiger partial charge in [-0.2, -0.15) is 5.10 Å². The molecule has 1 fully saturated rings. The molecule has 1 saturated heterocycles. The van der Waals surface area contributed by atoms with E-state index >= 15 is 0 Å². The molecule has 0 spiro atoms. The van der Waals surface area contributed by atoms with Gasteiger partial charge in [-0.25, -0.2) is 13.9 Å². The zero-order valence-electron chi connectivity index (χ0n) is 13.1. The number of hydrogen-bond donors (Lipinski definition) is 1. The Labute approximate surface area is 133 Å².